The van der Waals surface area contributed by atoms with Gasteiger partial charge in [0.1, 0.15) is 0 Å². The molecule has 8 heteroatoms. The average Bonchev–Trinajstić information content (AvgIpc) is 2.54. The number of unbranched alkanes of at least 4 members (excludes halogenated alkanes) is 1. The normalized spacial score (nSPS) is 12.1. The molecule has 6 nitrogen and oxygen atoms in total. The first-order valence-electron chi connectivity index (χ1n) is 8.21. The van der Waals surface area contributed by atoms with Gasteiger partial charge in [0.25, 0.3) is 0 Å². The summed E-state index contributed by atoms with van der Waals surface area (Å²) in [6.45, 7) is 7.23. The van der Waals surface area contributed by atoms with Gasteiger partial charge < -0.3 is 34.9 Å². The van der Waals surface area contributed by atoms with Crippen LogP contribution in [0.3, 0.4) is 0 Å². The molecule has 25 heavy (non-hydrogen) atoms. The molecule has 0 amide bonds. The maximum Gasteiger partial charge on any atom is 0.500 e. The summed E-state index contributed by atoms with van der Waals surface area (Å²) in [6.07, 6.45) is 6.21. The van der Waals surface area contributed by atoms with Crippen molar-refractivity contribution < 1.29 is 39.7 Å². The number of ether oxygens (including phenoxy) is 1. The molecule has 0 heterocycles. The van der Waals surface area contributed by atoms with E-state index in [1.165, 1.54) is 6.26 Å². The second-order valence-electron chi connectivity index (χ2n) is 6.48. The van der Waals surface area contributed by atoms with Crippen LogP contribution in [0.4, 0.5) is 0 Å². The number of rotatable bonds is 13. The Morgan fingerprint density at radius 3 is 2.08 bits per heavy atom. The zero-order valence-corrected chi connectivity index (χ0v) is 18.2. The summed E-state index contributed by atoms with van der Waals surface area (Å²) >= 11 is 0. The van der Waals surface area contributed by atoms with Gasteiger partial charge in [-0.3, -0.25) is 0 Å². The van der Waals surface area contributed by atoms with Crippen LogP contribution >= 0.6 is 0 Å². The van der Waals surface area contributed by atoms with Crippen LogP contribution in [0.5, 0.6) is 0 Å². The van der Waals surface area contributed by atoms with E-state index in [-0.39, 0.29) is 18.4 Å². The van der Waals surface area contributed by atoms with Gasteiger partial charge in [-0.15, -0.1) is 0 Å². The highest BCUT2D eigenvalue weighted by atomic mass is 35.5. The van der Waals surface area contributed by atoms with Crippen LogP contribution in [0, 0.1) is 0 Å². The summed E-state index contributed by atoms with van der Waals surface area (Å²) in [5.41, 5.74) is 0.403. The molecule has 0 aliphatic rings. The van der Waals surface area contributed by atoms with Gasteiger partial charge >= 0.3 is 14.8 Å². The largest absolute Gasteiger partial charge is 1.00 e. The van der Waals surface area contributed by atoms with Crippen LogP contribution in [-0.4, -0.2) is 67.8 Å². The second kappa shape index (κ2) is 13.5. The number of quaternary nitrogens is 1. The first-order valence-corrected chi connectivity index (χ1v) is 10.1. The van der Waals surface area contributed by atoms with E-state index in [2.05, 4.69) is 20.7 Å². The Kier molecular flexibility index (Phi) is 14.3. The molecule has 0 aromatic carbocycles. The van der Waals surface area contributed by atoms with Crippen LogP contribution in [0.15, 0.2) is 24.5 Å². The van der Waals surface area contributed by atoms with Gasteiger partial charge in [0.05, 0.1) is 33.4 Å². The minimum atomic E-state index is -2.46. The molecule has 0 aromatic rings. The summed E-state index contributed by atoms with van der Waals surface area (Å²) in [6, 6.07) is 0.814. The predicted molar refractivity (Wildman–Crippen MR) is 97.3 cm³/mol. The Labute approximate surface area is 160 Å². The van der Waals surface area contributed by atoms with Gasteiger partial charge in [-0.1, -0.05) is 6.58 Å². The number of allylic oxidation sites excluding steroid dienone is 1. The van der Waals surface area contributed by atoms with Crippen molar-refractivity contribution in [2.75, 3.05) is 48.5 Å². The molecule has 0 radical (unpaired) electrons. The van der Waals surface area contributed by atoms with Crippen molar-refractivity contribution in [2.24, 2.45) is 0 Å². The summed E-state index contributed by atoms with van der Waals surface area (Å²) in [5.74, 6) is -0.385. The minimum Gasteiger partial charge on any atom is -1.00 e. The number of esters is 1. The molecule has 0 atom stereocenters. The van der Waals surface area contributed by atoms with Gasteiger partial charge in [-0.05, 0) is 19.4 Å². The zero-order chi connectivity index (χ0) is 18.6. The van der Waals surface area contributed by atoms with Crippen molar-refractivity contribution in [2.45, 2.75) is 32.2 Å². The lowest BCUT2D eigenvalue weighted by Crippen LogP contribution is -3.00. The van der Waals surface area contributed by atoms with E-state index in [1.807, 2.05) is 6.08 Å². The SMILES string of the molecule is C=C(C)C(=O)OC=CCCC[N+](C)(C)CCC[Si](OC)(OC)OC.[Cl-]. The lowest BCUT2D eigenvalue weighted by molar-refractivity contribution is -0.890. The Morgan fingerprint density at radius 2 is 1.60 bits per heavy atom. The van der Waals surface area contributed by atoms with E-state index in [0.717, 1.165) is 42.9 Å². The van der Waals surface area contributed by atoms with E-state index in [1.54, 1.807) is 28.3 Å². The third-order valence-corrected chi connectivity index (χ3v) is 6.77. The highest BCUT2D eigenvalue weighted by Gasteiger charge is 2.37. The molecular formula is C17H34ClNO5Si. The first kappa shape index (κ1) is 26.5. The molecule has 0 aromatic heterocycles. The number of carbonyl (C=O) groups excluding carboxylic acids is 1. The number of halogens is 1. The number of nitrogens with zero attached hydrogens (tertiary/aromatic N) is 1. The van der Waals surface area contributed by atoms with Gasteiger partial charge in [-0.2, -0.15) is 0 Å². The smallest absolute Gasteiger partial charge is 0.500 e. The molecule has 0 N–H and O–H groups in total. The van der Waals surface area contributed by atoms with Crippen molar-refractivity contribution in [3.05, 3.63) is 24.5 Å². The molecule has 0 saturated carbocycles. The number of hydrogen-bond donors (Lipinski definition) is 0. The Morgan fingerprint density at radius 1 is 1.08 bits per heavy atom. The van der Waals surface area contributed by atoms with Crippen LogP contribution in [0.2, 0.25) is 6.04 Å². The number of hydrogen-bond acceptors (Lipinski definition) is 5. The van der Waals surface area contributed by atoms with Crippen molar-refractivity contribution in [3.8, 4) is 0 Å². The molecule has 148 valence electrons. The van der Waals surface area contributed by atoms with E-state index in [4.69, 9.17) is 18.0 Å². The standard InChI is InChI=1S/C17H34NO5Si.ClH/c1-16(2)17(19)23-14-10-8-9-12-18(3,4)13-11-15-24(20-5,21-6)22-7;/h10,14H,1,8-9,11-13,15H2,2-7H3;1H/q+1;/p-1. The van der Waals surface area contributed by atoms with E-state index in [0.29, 0.717) is 5.57 Å². The summed E-state index contributed by atoms with van der Waals surface area (Å²) in [7, 11) is 6.89. The minimum absolute atomic E-state index is 0. The Bertz CT molecular complexity index is 417. The fourth-order valence-corrected chi connectivity index (χ4v) is 4.01. The van der Waals surface area contributed by atoms with Crippen molar-refractivity contribution >= 4 is 14.8 Å². The van der Waals surface area contributed by atoms with E-state index >= 15 is 0 Å². The summed E-state index contributed by atoms with van der Waals surface area (Å²) < 4.78 is 22.2. The van der Waals surface area contributed by atoms with Crippen LogP contribution in [0.25, 0.3) is 0 Å². The van der Waals surface area contributed by atoms with E-state index < -0.39 is 8.80 Å². The average molecular weight is 396 g/mol. The van der Waals surface area contributed by atoms with Gasteiger partial charge in [-0.25, -0.2) is 4.79 Å². The molecule has 0 aliphatic carbocycles. The molecule has 0 aliphatic heterocycles. The topological polar surface area (TPSA) is 54.0 Å². The zero-order valence-electron chi connectivity index (χ0n) is 16.5. The van der Waals surface area contributed by atoms with Gasteiger partial charge in [0, 0.05) is 45.8 Å². The predicted octanol–water partition coefficient (Wildman–Crippen LogP) is -0.252. The number of carbonyl (C=O) groups is 1. The molecule has 0 rings (SSSR count). The van der Waals surface area contributed by atoms with Crippen LogP contribution in [-0.2, 0) is 22.8 Å². The van der Waals surface area contributed by atoms with Crippen molar-refractivity contribution in [1.29, 1.82) is 0 Å². The molecule has 0 unspecified atom stereocenters. The van der Waals surface area contributed by atoms with Gasteiger partial charge in [0.15, 0.2) is 0 Å². The Hall–Kier alpha value is -0.703. The summed E-state index contributed by atoms with van der Waals surface area (Å²) in [5, 5.41) is 0. The summed E-state index contributed by atoms with van der Waals surface area (Å²) in [4.78, 5) is 11.2. The second-order valence-corrected chi connectivity index (χ2v) is 9.57. The first-order chi connectivity index (χ1) is 11.2. The third kappa shape index (κ3) is 11.5. The van der Waals surface area contributed by atoms with Crippen LogP contribution in [0.1, 0.15) is 26.2 Å². The highest BCUT2D eigenvalue weighted by molar-refractivity contribution is 6.60. The molecule has 0 fully saturated rings. The van der Waals surface area contributed by atoms with Crippen molar-refractivity contribution in [1.82, 2.24) is 0 Å². The third-order valence-electron chi connectivity index (χ3n) is 3.93. The Balaban J connectivity index is 0. The van der Waals surface area contributed by atoms with Crippen molar-refractivity contribution in [3.63, 3.8) is 0 Å². The quantitative estimate of drug-likeness (QED) is 0.107. The highest BCUT2D eigenvalue weighted by Crippen LogP contribution is 2.16. The molecule has 0 bridgehead atoms. The van der Waals surface area contributed by atoms with Gasteiger partial charge in [0.2, 0.25) is 0 Å². The van der Waals surface area contributed by atoms with Crippen LogP contribution < -0.4 is 12.4 Å². The lowest BCUT2D eigenvalue weighted by atomic mass is 10.2. The molecule has 0 spiro atoms. The molecular weight excluding hydrogens is 362 g/mol. The fraction of sp³-hybridized carbons (Fsp3) is 0.706. The van der Waals surface area contributed by atoms with E-state index in [9.17, 15) is 4.79 Å². The monoisotopic (exact) mass is 395 g/mol. The lowest BCUT2D eigenvalue weighted by Gasteiger charge is -2.31. The fourth-order valence-electron chi connectivity index (χ4n) is 2.31. The molecule has 0 saturated heterocycles. The maximum absolute atomic E-state index is 11.2. The maximum atomic E-state index is 11.2.